The lowest BCUT2D eigenvalue weighted by Gasteiger charge is -2.14. The smallest absolute Gasteiger partial charge is 0.387 e. The number of ether oxygens (including phenoxy) is 2. The van der Waals surface area contributed by atoms with Crippen LogP contribution in [0.5, 0.6) is 11.5 Å². The van der Waals surface area contributed by atoms with E-state index in [1.807, 2.05) is 0 Å². The normalized spacial score (nSPS) is 20.3. The van der Waals surface area contributed by atoms with Crippen LogP contribution in [-0.4, -0.2) is 36.7 Å². The molecular weight excluding hydrogens is 312 g/mol. The third-order valence-electron chi connectivity index (χ3n) is 3.76. The number of carboxylic acid groups (broad SMARTS) is 1. The standard InChI is InChI=1S/C15H17F2NO5/c1-22-12-7-8(3-5-11(12)23-15(16)17)13(19)18-10-4-2-9(6-10)14(20)21/h3,5,7,9-10,15H,2,4,6H2,1H3,(H,18,19)(H,20,21)/t9-,10+/m1/s1. The molecule has 1 fully saturated rings. The van der Waals surface area contributed by atoms with Gasteiger partial charge in [0.05, 0.1) is 13.0 Å². The molecule has 0 radical (unpaired) electrons. The van der Waals surface area contributed by atoms with Crippen molar-refractivity contribution in [3.8, 4) is 11.5 Å². The molecule has 2 N–H and O–H groups in total. The van der Waals surface area contributed by atoms with E-state index in [4.69, 9.17) is 9.84 Å². The lowest BCUT2D eigenvalue weighted by Crippen LogP contribution is -2.33. The summed E-state index contributed by atoms with van der Waals surface area (Å²) in [5.74, 6) is -1.87. The summed E-state index contributed by atoms with van der Waals surface area (Å²) in [5.41, 5.74) is 0.224. The van der Waals surface area contributed by atoms with Gasteiger partial charge in [-0.25, -0.2) is 0 Å². The maximum atomic E-state index is 12.3. The van der Waals surface area contributed by atoms with Crippen molar-refractivity contribution in [2.24, 2.45) is 5.92 Å². The van der Waals surface area contributed by atoms with Gasteiger partial charge in [-0.15, -0.1) is 0 Å². The Morgan fingerprint density at radius 3 is 2.61 bits per heavy atom. The zero-order valence-corrected chi connectivity index (χ0v) is 12.4. The molecule has 8 heteroatoms. The lowest BCUT2D eigenvalue weighted by molar-refractivity contribution is -0.141. The van der Waals surface area contributed by atoms with Gasteiger partial charge in [-0.1, -0.05) is 0 Å². The third-order valence-corrected chi connectivity index (χ3v) is 3.76. The molecule has 2 atom stereocenters. The second-order valence-electron chi connectivity index (χ2n) is 5.26. The first-order chi connectivity index (χ1) is 10.9. The highest BCUT2D eigenvalue weighted by atomic mass is 19.3. The maximum absolute atomic E-state index is 12.3. The van der Waals surface area contributed by atoms with Crippen molar-refractivity contribution in [1.82, 2.24) is 5.32 Å². The fraction of sp³-hybridized carbons (Fsp3) is 0.467. The van der Waals surface area contributed by atoms with E-state index in [0.29, 0.717) is 19.3 Å². The lowest BCUT2D eigenvalue weighted by atomic mass is 10.1. The fourth-order valence-electron chi connectivity index (χ4n) is 2.61. The molecule has 126 valence electrons. The minimum atomic E-state index is -2.99. The van der Waals surface area contributed by atoms with Gasteiger partial charge in [0.1, 0.15) is 0 Å². The molecule has 2 rings (SSSR count). The van der Waals surface area contributed by atoms with Crippen LogP contribution in [-0.2, 0) is 4.79 Å². The van der Waals surface area contributed by atoms with Crippen LogP contribution in [0.15, 0.2) is 18.2 Å². The average molecular weight is 329 g/mol. The summed E-state index contributed by atoms with van der Waals surface area (Å²) in [6.45, 7) is -2.99. The number of carboxylic acids is 1. The minimum absolute atomic E-state index is 0.0211. The fourth-order valence-corrected chi connectivity index (χ4v) is 2.61. The number of benzene rings is 1. The van der Waals surface area contributed by atoms with Crippen molar-refractivity contribution in [3.05, 3.63) is 23.8 Å². The number of carbonyl (C=O) groups is 2. The molecule has 0 heterocycles. The van der Waals surface area contributed by atoms with E-state index < -0.39 is 24.4 Å². The SMILES string of the molecule is COc1cc(C(=O)N[C@H]2CC[C@@H](C(=O)O)C2)ccc1OC(F)F. The highest BCUT2D eigenvalue weighted by Gasteiger charge is 2.30. The van der Waals surface area contributed by atoms with E-state index in [9.17, 15) is 18.4 Å². The van der Waals surface area contributed by atoms with Crippen LogP contribution in [0.1, 0.15) is 29.6 Å². The number of aliphatic carboxylic acids is 1. The summed E-state index contributed by atoms with van der Waals surface area (Å²) >= 11 is 0. The number of halogens is 2. The number of alkyl halides is 2. The number of hydrogen-bond acceptors (Lipinski definition) is 4. The second kappa shape index (κ2) is 7.26. The van der Waals surface area contributed by atoms with Crippen molar-refractivity contribution in [3.63, 3.8) is 0 Å². The van der Waals surface area contributed by atoms with Crippen LogP contribution in [0.2, 0.25) is 0 Å². The van der Waals surface area contributed by atoms with Gasteiger partial charge >= 0.3 is 12.6 Å². The number of nitrogens with one attached hydrogen (secondary N) is 1. The molecule has 1 amide bonds. The number of amides is 1. The Labute approximate surface area is 131 Å². The number of hydrogen-bond donors (Lipinski definition) is 2. The van der Waals surface area contributed by atoms with Gasteiger partial charge in [-0.05, 0) is 37.5 Å². The molecule has 0 unspecified atom stereocenters. The first-order valence-electron chi connectivity index (χ1n) is 7.07. The zero-order valence-electron chi connectivity index (χ0n) is 12.4. The van der Waals surface area contributed by atoms with Gasteiger partial charge in [0.25, 0.3) is 5.91 Å². The maximum Gasteiger partial charge on any atom is 0.387 e. The highest BCUT2D eigenvalue weighted by molar-refractivity contribution is 5.95. The Morgan fingerprint density at radius 2 is 2.04 bits per heavy atom. The van der Waals surface area contributed by atoms with E-state index >= 15 is 0 Å². The van der Waals surface area contributed by atoms with Gasteiger partial charge in [-0.2, -0.15) is 8.78 Å². The first-order valence-corrected chi connectivity index (χ1v) is 7.07. The van der Waals surface area contributed by atoms with E-state index in [0.717, 1.165) is 0 Å². The van der Waals surface area contributed by atoms with Crippen molar-refractivity contribution in [2.45, 2.75) is 31.9 Å². The van der Waals surface area contributed by atoms with Crippen molar-refractivity contribution >= 4 is 11.9 Å². The third kappa shape index (κ3) is 4.30. The van der Waals surface area contributed by atoms with E-state index in [1.165, 1.54) is 25.3 Å². The largest absolute Gasteiger partial charge is 0.493 e. The monoisotopic (exact) mass is 329 g/mol. The minimum Gasteiger partial charge on any atom is -0.493 e. The van der Waals surface area contributed by atoms with Crippen LogP contribution in [0.25, 0.3) is 0 Å². The Kier molecular flexibility index (Phi) is 5.36. The highest BCUT2D eigenvalue weighted by Crippen LogP contribution is 2.30. The van der Waals surface area contributed by atoms with Crippen LogP contribution < -0.4 is 14.8 Å². The average Bonchev–Trinajstić information content (AvgIpc) is 2.95. The van der Waals surface area contributed by atoms with Crippen molar-refractivity contribution in [1.29, 1.82) is 0 Å². The van der Waals surface area contributed by atoms with Gasteiger partial charge in [-0.3, -0.25) is 9.59 Å². The Hall–Kier alpha value is -2.38. The molecular formula is C15H17F2NO5. The first kappa shape index (κ1) is 17.0. The molecule has 1 saturated carbocycles. The Morgan fingerprint density at radius 1 is 1.30 bits per heavy atom. The molecule has 6 nitrogen and oxygen atoms in total. The second-order valence-corrected chi connectivity index (χ2v) is 5.26. The molecule has 0 saturated heterocycles. The van der Waals surface area contributed by atoms with E-state index in [2.05, 4.69) is 10.1 Å². The van der Waals surface area contributed by atoms with E-state index in [1.54, 1.807) is 0 Å². The van der Waals surface area contributed by atoms with Crippen molar-refractivity contribution in [2.75, 3.05) is 7.11 Å². The van der Waals surface area contributed by atoms with Gasteiger partial charge < -0.3 is 19.9 Å². The van der Waals surface area contributed by atoms with Crippen LogP contribution in [0, 0.1) is 5.92 Å². The predicted octanol–water partition coefficient (Wildman–Crippen LogP) is 2.28. The molecule has 0 aromatic heterocycles. The number of carbonyl (C=O) groups excluding carboxylic acids is 1. The quantitative estimate of drug-likeness (QED) is 0.836. The molecule has 1 aromatic carbocycles. The van der Waals surface area contributed by atoms with Crippen LogP contribution in [0.3, 0.4) is 0 Å². The molecule has 1 aliphatic carbocycles. The molecule has 23 heavy (non-hydrogen) atoms. The summed E-state index contributed by atoms with van der Waals surface area (Å²) in [5, 5.41) is 11.7. The molecule has 0 bridgehead atoms. The van der Waals surface area contributed by atoms with Gasteiger partial charge in [0, 0.05) is 11.6 Å². The predicted molar refractivity (Wildman–Crippen MR) is 75.9 cm³/mol. The Bertz CT molecular complexity index is 593. The number of rotatable bonds is 6. The topological polar surface area (TPSA) is 84.9 Å². The van der Waals surface area contributed by atoms with Crippen LogP contribution >= 0.6 is 0 Å². The summed E-state index contributed by atoms with van der Waals surface area (Å²) in [7, 11) is 1.28. The van der Waals surface area contributed by atoms with E-state index in [-0.39, 0.29) is 23.1 Å². The number of methoxy groups -OCH3 is 1. The molecule has 1 aliphatic rings. The van der Waals surface area contributed by atoms with Crippen molar-refractivity contribution < 1.29 is 33.0 Å². The molecule has 0 spiro atoms. The summed E-state index contributed by atoms with van der Waals surface area (Å²) in [6, 6.07) is 3.66. The molecule has 0 aliphatic heterocycles. The van der Waals surface area contributed by atoms with Crippen LogP contribution in [0.4, 0.5) is 8.78 Å². The van der Waals surface area contributed by atoms with Gasteiger partial charge in [0.2, 0.25) is 0 Å². The summed E-state index contributed by atoms with van der Waals surface area (Å²) < 4.78 is 33.8. The Balaban J connectivity index is 2.04. The zero-order chi connectivity index (χ0) is 17.0. The summed E-state index contributed by atoms with van der Waals surface area (Å²) in [4.78, 5) is 23.1. The van der Waals surface area contributed by atoms with Gasteiger partial charge in [0.15, 0.2) is 11.5 Å². The summed E-state index contributed by atoms with van der Waals surface area (Å²) in [6.07, 6.45) is 1.49. The molecule has 1 aromatic rings.